The number of hydrogen-bond donors (Lipinski definition) is 1. The van der Waals surface area contributed by atoms with Crippen LogP contribution in [0.2, 0.25) is 0 Å². The van der Waals surface area contributed by atoms with Crippen LogP contribution in [0.1, 0.15) is 58.8 Å². The molecule has 2 N–H and O–H groups in total. The second-order valence-electron chi connectivity index (χ2n) is 5.86. The van der Waals surface area contributed by atoms with Crippen LogP contribution in [0.25, 0.3) is 0 Å². The molecule has 3 nitrogen and oxygen atoms in total. The molecule has 2 atom stereocenters. The van der Waals surface area contributed by atoms with Gasteiger partial charge in [0.15, 0.2) is 0 Å². The molecule has 1 saturated heterocycles. The van der Waals surface area contributed by atoms with Crippen molar-refractivity contribution < 1.29 is 4.79 Å². The molecule has 18 heavy (non-hydrogen) atoms. The van der Waals surface area contributed by atoms with Gasteiger partial charge < -0.3 is 10.6 Å². The number of amides is 1. The topological polar surface area (TPSA) is 46.3 Å². The summed E-state index contributed by atoms with van der Waals surface area (Å²) in [6, 6.07) is 0. The molecule has 0 radical (unpaired) electrons. The summed E-state index contributed by atoms with van der Waals surface area (Å²) in [6.07, 6.45) is 7.66. The fourth-order valence-corrected chi connectivity index (χ4v) is 2.98. The van der Waals surface area contributed by atoms with Crippen LogP contribution in [0.4, 0.5) is 0 Å². The first-order valence-corrected chi connectivity index (χ1v) is 7.65. The minimum Gasteiger partial charge on any atom is -0.342 e. The molecule has 1 heterocycles. The number of nitrogens with two attached hydrogens (primary N) is 1. The van der Waals surface area contributed by atoms with Gasteiger partial charge >= 0.3 is 0 Å². The average Bonchev–Trinajstić information content (AvgIpc) is 2.36. The van der Waals surface area contributed by atoms with Gasteiger partial charge in [-0.3, -0.25) is 4.79 Å². The van der Waals surface area contributed by atoms with Gasteiger partial charge in [-0.2, -0.15) is 0 Å². The lowest BCUT2D eigenvalue weighted by molar-refractivity contribution is -0.133. The van der Waals surface area contributed by atoms with Gasteiger partial charge in [-0.15, -0.1) is 0 Å². The predicted octanol–water partition coefficient (Wildman–Crippen LogP) is 2.79. The molecule has 1 aliphatic rings. The van der Waals surface area contributed by atoms with Gasteiger partial charge in [-0.1, -0.05) is 26.7 Å². The zero-order valence-electron chi connectivity index (χ0n) is 12.2. The number of carbonyl (C=O) groups excluding carboxylic acids is 1. The van der Waals surface area contributed by atoms with E-state index >= 15 is 0 Å². The first kappa shape index (κ1) is 15.5. The molecule has 0 saturated carbocycles. The van der Waals surface area contributed by atoms with Crippen LogP contribution < -0.4 is 5.73 Å². The molecular weight excluding hydrogens is 224 g/mol. The van der Waals surface area contributed by atoms with E-state index in [9.17, 15) is 4.79 Å². The summed E-state index contributed by atoms with van der Waals surface area (Å²) < 4.78 is 0. The van der Waals surface area contributed by atoms with E-state index in [2.05, 4.69) is 18.7 Å². The van der Waals surface area contributed by atoms with Crippen LogP contribution in [0.15, 0.2) is 0 Å². The minimum atomic E-state index is 0.361. The molecule has 0 aromatic rings. The highest BCUT2D eigenvalue weighted by Gasteiger charge is 2.21. The number of rotatable bonds is 7. The SMILES string of the molecule is CCCC(CCN)CCC(=O)N1CCCC(C)C1. The molecule has 1 rings (SSSR count). The van der Waals surface area contributed by atoms with E-state index in [0.717, 1.165) is 38.9 Å². The Kier molecular flexibility index (Phi) is 7.33. The van der Waals surface area contributed by atoms with Gasteiger partial charge in [0.05, 0.1) is 0 Å². The Morgan fingerprint density at radius 1 is 1.39 bits per heavy atom. The summed E-state index contributed by atoms with van der Waals surface area (Å²) in [5.41, 5.74) is 5.63. The fourth-order valence-electron chi connectivity index (χ4n) is 2.98. The first-order valence-electron chi connectivity index (χ1n) is 7.65. The van der Waals surface area contributed by atoms with Crippen molar-refractivity contribution in [3.63, 3.8) is 0 Å². The van der Waals surface area contributed by atoms with Crippen LogP contribution in [0, 0.1) is 11.8 Å². The maximum absolute atomic E-state index is 12.2. The van der Waals surface area contributed by atoms with Gasteiger partial charge in [-0.05, 0) is 44.1 Å². The number of hydrogen-bond acceptors (Lipinski definition) is 2. The van der Waals surface area contributed by atoms with Crippen LogP contribution in [-0.2, 0) is 4.79 Å². The fraction of sp³-hybridized carbons (Fsp3) is 0.933. The van der Waals surface area contributed by atoms with Gasteiger partial charge in [-0.25, -0.2) is 0 Å². The summed E-state index contributed by atoms with van der Waals surface area (Å²) in [5, 5.41) is 0. The third-order valence-electron chi connectivity index (χ3n) is 4.05. The maximum Gasteiger partial charge on any atom is 0.222 e. The smallest absolute Gasteiger partial charge is 0.222 e. The number of nitrogens with zero attached hydrogens (tertiary/aromatic N) is 1. The summed E-state index contributed by atoms with van der Waals surface area (Å²) in [5.74, 6) is 1.68. The molecule has 106 valence electrons. The zero-order chi connectivity index (χ0) is 13.4. The molecule has 0 spiro atoms. The second-order valence-corrected chi connectivity index (χ2v) is 5.86. The molecule has 0 aromatic heterocycles. The summed E-state index contributed by atoms with van der Waals surface area (Å²) in [6.45, 7) is 7.14. The van der Waals surface area contributed by atoms with E-state index < -0.39 is 0 Å². The van der Waals surface area contributed by atoms with E-state index in [1.54, 1.807) is 0 Å². The molecule has 1 fully saturated rings. The van der Waals surface area contributed by atoms with E-state index in [-0.39, 0.29) is 0 Å². The Morgan fingerprint density at radius 3 is 2.78 bits per heavy atom. The molecular formula is C15H30N2O. The summed E-state index contributed by atoms with van der Waals surface area (Å²) in [7, 11) is 0. The molecule has 2 unspecified atom stereocenters. The molecule has 3 heteroatoms. The third-order valence-corrected chi connectivity index (χ3v) is 4.05. The van der Waals surface area contributed by atoms with Crippen LogP contribution in [-0.4, -0.2) is 30.4 Å². The van der Waals surface area contributed by atoms with Crippen LogP contribution in [0.5, 0.6) is 0 Å². The van der Waals surface area contributed by atoms with E-state index in [1.165, 1.54) is 25.7 Å². The van der Waals surface area contributed by atoms with Gasteiger partial charge in [0.25, 0.3) is 0 Å². The van der Waals surface area contributed by atoms with Crippen molar-refractivity contribution in [2.24, 2.45) is 17.6 Å². The highest BCUT2D eigenvalue weighted by atomic mass is 16.2. The van der Waals surface area contributed by atoms with E-state index in [1.807, 2.05) is 0 Å². The highest BCUT2D eigenvalue weighted by molar-refractivity contribution is 5.76. The normalized spacial score (nSPS) is 21.9. The van der Waals surface area contributed by atoms with E-state index in [4.69, 9.17) is 5.73 Å². The summed E-state index contributed by atoms with van der Waals surface area (Å²) >= 11 is 0. The lowest BCUT2D eigenvalue weighted by atomic mass is 9.93. The Balaban J connectivity index is 2.29. The standard InChI is InChI=1S/C15H30N2O/c1-3-5-14(9-10-16)7-8-15(18)17-11-4-6-13(2)12-17/h13-14H,3-12,16H2,1-2H3. The lowest BCUT2D eigenvalue weighted by Crippen LogP contribution is -2.39. The second kappa shape index (κ2) is 8.52. The number of piperidine rings is 1. The zero-order valence-corrected chi connectivity index (χ0v) is 12.2. The predicted molar refractivity (Wildman–Crippen MR) is 76.3 cm³/mol. The Bertz CT molecular complexity index is 237. The van der Waals surface area contributed by atoms with Gasteiger partial charge in [0.2, 0.25) is 5.91 Å². The van der Waals surface area contributed by atoms with Gasteiger partial charge in [0.1, 0.15) is 0 Å². The Labute approximate surface area is 112 Å². The minimum absolute atomic E-state index is 0.361. The van der Waals surface area contributed by atoms with E-state index in [0.29, 0.717) is 17.7 Å². The van der Waals surface area contributed by atoms with Crippen LogP contribution in [0.3, 0.4) is 0 Å². The van der Waals surface area contributed by atoms with Crippen LogP contribution >= 0.6 is 0 Å². The Morgan fingerprint density at radius 2 is 2.17 bits per heavy atom. The lowest BCUT2D eigenvalue weighted by Gasteiger charge is -2.31. The molecule has 1 aliphatic heterocycles. The van der Waals surface area contributed by atoms with Crippen molar-refractivity contribution >= 4 is 5.91 Å². The monoisotopic (exact) mass is 254 g/mol. The van der Waals surface area contributed by atoms with Crippen molar-refractivity contribution in [2.75, 3.05) is 19.6 Å². The third kappa shape index (κ3) is 5.38. The van der Waals surface area contributed by atoms with Gasteiger partial charge in [0, 0.05) is 19.5 Å². The summed E-state index contributed by atoms with van der Waals surface area (Å²) in [4.78, 5) is 14.2. The van der Waals surface area contributed by atoms with Crippen molar-refractivity contribution in [2.45, 2.75) is 58.8 Å². The van der Waals surface area contributed by atoms with Crippen molar-refractivity contribution in [1.29, 1.82) is 0 Å². The molecule has 0 bridgehead atoms. The number of carbonyl (C=O) groups is 1. The largest absolute Gasteiger partial charge is 0.342 e. The van der Waals surface area contributed by atoms with Crippen molar-refractivity contribution in [1.82, 2.24) is 4.90 Å². The molecule has 0 aliphatic carbocycles. The first-order chi connectivity index (χ1) is 8.67. The van der Waals surface area contributed by atoms with Crippen molar-refractivity contribution in [3.05, 3.63) is 0 Å². The Hall–Kier alpha value is -0.570. The molecule has 1 amide bonds. The average molecular weight is 254 g/mol. The highest BCUT2D eigenvalue weighted by Crippen LogP contribution is 2.20. The maximum atomic E-state index is 12.2. The number of likely N-dealkylation sites (tertiary alicyclic amines) is 1. The quantitative estimate of drug-likeness (QED) is 0.759. The molecule has 0 aromatic carbocycles. The van der Waals surface area contributed by atoms with Crippen molar-refractivity contribution in [3.8, 4) is 0 Å².